The first-order chi connectivity index (χ1) is 8.92. The third-order valence-corrected chi connectivity index (χ3v) is 4.12. The third-order valence-electron chi connectivity index (χ3n) is 4.12. The average Bonchev–Trinajstić information content (AvgIpc) is 3.11. The molecule has 1 aromatic carbocycles. The molecule has 2 aliphatic rings. The topological polar surface area (TPSA) is 12.0 Å². The Hall–Kier alpha value is -1.08. The molecule has 0 radical (unpaired) electrons. The van der Waals surface area contributed by atoms with Crippen molar-refractivity contribution in [1.29, 1.82) is 0 Å². The summed E-state index contributed by atoms with van der Waals surface area (Å²) in [7, 11) is 0. The Labute approximate surface area is 110 Å². The fourth-order valence-electron chi connectivity index (χ4n) is 2.54. The van der Waals surface area contributed by atoms with Crippen molar-refractivity contribution in [2.45, 2.75) is 50.5 Å². The second kappa shape index (κ2) is 5.71. The van der Waals surface area contributed by atoms with Gasteiger partial charge in [-0.15, -0.1) is 0 Å². The number of nitrogens with one attached hydrogen (secondary N) is 1. The lowest BCUT2D eigenvalue weighted by Gasteiger charge is -2.25. The molecule has 0 spiro atoms. The molecule has 0 heterocycles. The van der Waals surface area contributed by atoms with E-state index < -0.39 is 0 Å². The third kappa shape index (κ3) is 3.23. The Morgan fingerprint density at radius 1 is 1.17 bits per heavy atom. The summed E-state index contributed by atoms with van der Waals surface area (Å²) in [6.45, 7) is 1.13. The van der Waals surface area contributed by atoms with Gasteiger partial charge in [-0.05, 0) is 55.7 Å². The van der Waals surface area contributed by atoms with E-state index in [1.807, 2.05) is 0 Å². The van der Waals surface area contributed by atoms with Crippen molar-refractivity contribution in [2.75, 3.05) is 6.54 Å². The summed E-state index contributed by atoms with van der Waals surface area (Å²) >= 11 is 0. The highest BCUT2D eigenvalue weighted by Crippen LogP contribution is 2.36. The van der Waals surface area contributed by atoms with Crippen LogP contribution >= 0.6 is 0 Å². The van der Waals surface area contributed by atoms with Crippen LogP contribution in [-0.2, 0) is 0 Å². The van der Waals surface area contributed by atoms with E-state index in [1.165, 1.54) is 37.7 Å². The van der Waals surface area contributed by atoms with Crippen molar-refractivity contribution in [3.8, 4) is 0 Å². The van der Waals surface area contributed by atoms with Crippen LogP contribution in [0, 0.1) is 0 Å². The van der Waals surface area contributed by atoms with Gasteiger partial charge in [0.15, 0.2) is 0 Å². The fourth-order valence-corrected chi connectivity index (χ4v) is 2.54. The lowest BCUT2D eigenvalue weighted by Crippen LogP contribution is -2.16. The van der Waals surface area contributed by atoms with Crippen molar-refractivity contribution < 1.29 is 0 Å². The first-order valence-electron chi connectivity index (χ1n) is 7.42. The molecule has 0 aliphatic heterocycles. The molecule has 0 unspecified atom stereocenters. The molecule has 2 aliphatic carbocycles. The smallest absolute Gasteiger partial charge is 0.00683 e. The SMILES string of the molecule is C(=C\c1cccc(C2CCC2)c1)/CCNC1CC1. The Balaban J connectivity index is 1.49. The van der Waals surface area contributed by atoms with E-state index in [0.717, 1.165) is 24.9 Å². The van der Waals surface area contributed by atoms with Crippen LogP contribution in [0.15, 0.2) is 30.3 Å². The van der Waals surface area contributed by atoms with E-state index in [9.17, 15) is 0 Å². The van der Waals surface area contributed by atoms with Gasteiger partial charge in [0.1, 0.15) is 0 Å². The lowest BCUT2D eigenvalue weighted by atomic mass is 9.80. The van der Waals surface area contributed by atoms with E-state index in [2.05, 4.69) is 41.7 Å². The Morgan fingerprint density at radius 3 is 2.78 bits per heavy atom. The van der Waals surface area contributed by atoms with Gasteiger partial charge in [0.25, 0.3) is 0 Å². The summed E-state index contributed by atoms with van der Waals surface area (Å²) in [6.07, 6.45) is 12.7. The van der Waals surface area contributed by atoms with Gasteiger partial charge in [0.2, 0.25) is 0 Å². The number of benzene rings is 1. The second-order valence-electron chi connectivity index (χ2n) is 5.72. The summed E-state index contributed by atoms with van der Waals surface area (Å²) in [5, 5.41) is 3.54. The van der Waals surface area contributed by atoms with Crippen LogP contribution in [0.1, 0.15) is 55.6 Å². The Kier molecular flexibility index (Phi) is 3.80. The molecule has 2 saturated carbocycles. The van der Waals surface area contributed by atoms with Gasteiger partial charge in [0, 0.05) is 6.04 Å². The zero-order chi connectivity index (χ0) is 12.2. The highest BCUT2D eigenvalue weighted by atomic mass is 14.9. The second-order valence-corrected chi connectivity index (χ2v) is 5.72. The summed E-state index contributed by atoms with van der Waals surface area (Å²) in [5.74, 6) is 0.842. The molecular weight excluding hydrogens is 218 g/mol. The molecule has 1 N–H and O–H groups in total. The standard InChI is InChI=1S/C17H23N/c1(2-12-18-17-10-11-17)5-14-6-3-9-16(13-14)15-7-4-8-15/h1,3,5-6,9,13,15,17-18H,2,4,7-8,10-12H2/b5-1+. The van der Waals surface area contributed by atoms with E-state index in [0.29, 0.717) is 0 Å². The van der Waals surface area contributed by atoms with E-state index in [4.69, 9.17) is 0 Å². The van der Waals surface area contributed by atoms with Crippen molar-refractivity contribution >= 4 is 6.08 Å². The van der Waals surface area contributed by atoms with E-state index in [-0.39, 0.29) is 0 Å². The highest BCUT2D eigenvalue weighted by Gasteiger charge is 2.19. The fraction of sp³-hybridized carbons (Fsp3) is 0.529. The first-order valence-corrected chi connectivity index (χ1v) is 7.42. The summed E-state index contributed by atoms with van der Waals surface area (Å²) in [4.78, 5) is 0. The molecule has 3 rings (SSSR count). The van der Waals surface area contributed by atoms with E-state index >= 15 is 0 Å². The van der Waals surface area contributed by atoms with Crippen LogP contribution in [0.4, 0.5) is 0 Å². The van der Waals surface area contributed by atoms with Crippen LogP contribution < -0.4 is 5.32 Å². The van der Waals surface area contributed by atoms with Gasteiger partial charge in [-0.1, -0.05) is 42.8 Å². The van der Waals surface area contributed by atoms with Gasteiger partial charge in [0.05, 0.1) is 0 Å². The zero-order valence-corrected chi connectivity index (χ0v) is 11.1. The minimum Gasteiger partial charge on any atom is -0.314 e. The quantitative estimate of drug-likeness (QED) is 0.739. The van der Waals surface area contributed by atoms with Crippen LogP contribution in [0.3, 0.4) is 0 Å². The maximum Gasteiger partial charge on any atom is 0.00683 e. The van der Waals surface area contributed by atoms with Crippen molar-refractivity contribution in [1.82, 2.24) is 5.32 Å². The first kappa shape index (κ1) is 12.0. The predicted octanol–water partition coefficient (Wildman–Crippen LogP) is 4.11. The van der Waals surface area contributed by atoms with Crippen LogP contribution in [-0.4, -0.2) is 12.6 Å². The van der Waals surface area contributed by atoms with Crippen molar-refractivity contribution in [3.05, 3.63) is 41.5 Å². The summed E-state index contributed by atoms with van der Waals surface area (Å²) in [6, 6.07) is 9.91. The molecule has 1 nitrogen and oxygen atoms in total. The van der Waals surface area contributed by atoms with Gasteiger partial charge in [-0.25, -0.2) is 0 Å². The maximum absolute atomic E-state index is 3.54. The lowest BCUT2D eigenvalue weighted by molar-refractivity contribution is 0.420. The molecule has 1 heteroatoms. The molecule has 1 aromatic rings. The molecule has 0 atom stereocenters. The van der Waals surface area contributed by atoms with Crippen LogP contribution in [0.25, 0.3) is 6.08 Å². The average molecular weight is 241 g/mol. The van der Waals surface area contributed by atoms with E-state index in [1.54, 1.807) is 5.56 Å². The maximum atomic E-state index is 3.54. The number of hydrogen-bond acceptors (Lipinski definition) is 1. The zero-order valence-electron chi connectivity index (χ0n) is 11.1. The monoisotopic (exact) mass is 241 g/mol. The molecule has 0 aromatic heterocycles. The summed E-state index contributed by atoms with van der Waals surface area (Å²) < 4.78 is 0. The largest absolute Gasteiger partial charge is 0.314 e. The highest BCUT2D eigenvalue weighted by molar-refractivity contribution is 5.50. The molecule has 2 fully saturated rings. The van der Waals surface area contributed by atoms with Gasteiger partial charge >= 0.3 is 0 Å². The van der Waals surface area contributed by atoms with Crippen molar-refractivity contribution in [3.63, 3.8) is 0 Å². The normalized spacial score (nSPS) is 20.2. The molecule has 96 valence electrons. The molecular formula is C17H23N. The Morgan fingerprint density at radius 2 is 2.06 bits per heavy atom. The van der Waals surface area contributed by atoms with Crippen LogP contribution in [0.2, 0.25) is 0 Å². The van der Waals surface area contributed by atoms with Crippen LogP contribution in [0.5, 0.6) is 0 Å². The molecule has 0 saturated heterocycles. The summed E-state index contributed by atoms with van der Waals surface area (Å²) in [5.41, 5.74) is 2.91. The number of hydrogen-bond donors (Lipinski definition) is 1. The molecule has 0 bridgehead atoms. The minimum atomic E-state index is 0.834. The van der Waals surface area contributed by atoms with Crippen molar-refractivity contribution in [2.24, 2.45) is 0 Å². The van der Waals surface area contributed by atoms with Gasteiger partial charge in [-0.2, -0.15) is 0 Å². The van der Waals surface area contributed by atoms with Gasteiger partial charge < -0.3 is 5.32 Å². The minimum absolute atomic E-state index is 0.834. The molecule has 0 amide bonds. The Bertz CT molecular complexity index is 413. The predicted molar refractivity (Wildman–Crippen MR) is 77.7 cm³/mol. The number of rotatable bonds is 6. The van der Waals surface area contributed by atoms with Gasteiger partial charge in [-0.3, -0.25) is 0 Å². The molecule has 18 heavy (non-hydrogen) atoms.